The van der Waals surface area contributed by atoms with E-state index in [0.29, 0.717) is 16.9 Å². The number of nitrogens with zero attached hydrogens (tertiary/aromatic N) is 1. The smallest absolute Gasteiger partial charge is 0.340 e. The van der Waals surface area contributed by atoms with Gasteiger partial charge >= 0.3 is 5.97 Å². The zero-order chi connectivity index (χ0) is 22.7. The lowest BCUT2D eigenvalue weighted by molar-refractivity contribution is 0.0600. The molecule has 0 fully saturated rings. The average molecular weight is 490 g/mol. The number of carbonyl (C=O) groups is 1. The first-order chi connectivity index (χ1) is 14.8. The third kappa shape index (κ3) is 4.59. The first-order valence-corrected chi connectivity index (χ1v) is 9.90. The van der Waals surface area contributed by atoms with Gasteiger partial charge in [-0.1, -0.05) is 18.7 Å². The molecule has 1 heterocycles. The van der Waals surface area contributed by atoms with Gasteiger partial charge in [-0.15, -0.1) is 0 Å². The van der Waals surface area contributed by atoms with Crippen molar-refractivity contribution in [3.8, 4) is 11.4 Å². The number of rotatable bonds is 6. The van der Waals surface area contributed by atoms with E-state index in [-0.39, 0.29) is 28.0 Å². The minimum absolute atomic E-state index is 0.0873. The van der Waals surface area contributed by atoms with Gasteiger partial charge in [-0.3, -0.25) is 9.36 Å². The Morgan fingerprint density at radius 2 is 1.94 bits per heavy atom. The second-order valence-corrected chi connectivity index (χ2v) is 7.39. The first-order valence-electron chi connectivity index (χ1n) is 9.11. The topological polar surface area (TPSA) is 57.5 Å². The van der Waals surface area contributed by atoms with Crippen molar-refractivity contribution in [3.05, 3.63) is 97.9 Å². The third-order valence-electron chi connectivity index (χ3n) is 4.60. The van der Waals surface area contributed by atoms with Crippen LogP contribution in [0.4, 0.5) is 8.78 Å². The predicted molar refractivity (Wildman–Crippen MR) is 117 cm³/mol. The van der Waals surface area contributed by atoms with Crippen molar-refractivity contribution in [3.63, 3.8) is 0 Å². The van der Waals surface area contributed by atoms with E-state index >= 15 is 0 Å². The van der Waals surface area contributed by atoms with Crippen LogP contribution in [-0.4, -0.2) is 17.6 Å². The van der Waals surface area contributed by atoms with Crippen molar-refractivity contribution in [2.75, 3.05) is 7.11 Å². The molecular weight excluding hydrogens is 472 g/mol. The van der Waals surface area contributed by atoms with Gasteiger partial charge in [0, 0.05) is 23.4 Å². The fourth-order valence-electron chi connectivity index (χ4n) is 3.03. The van der Waals surface area contributed by atoms with Crippen molar-refractivity contribution in [1.29, 1.82) is 0 Å². The molecule has 0 N–H and O–H groups in total. The molecule has 0 aliphatic carbocycles. The molecule has 0 aliphatic rings. The summed E-state index contributed by atoms with van der Waals surface area (Å²) in [5, 5.41) is 0. The van der Waals surface area contributed by atoms with Gasteiger partial charge in [0.1, 0.15) is 28.5 Å². The number of aryl methyl sites for hydroxylation is 1. The number of benzene rings is 2. The van der Waals surface area contributed by atoms with Crippen LogP contribution in [0.15, 0.2) is 58.3 Å². The molecule has 5 nitrogen and oxygen atoms in total. The number of pyridine rings is 1. The molecule has 8 heteroatoms. The summed E-state index contributed by atoms with van der Waals surface area (Å²) >= 11 is 3.23. The summed E-state index contributed by atoms with van der Waals surface area (Å²) in [6.45, 7) is 5.15. The maximum absolute atomic E-state index is 13.9. The number of aromatic nitrogens is 1. The lowest BCUT2D eigenvalue weighted by Crippen LogP contribution is -2.24. The molecule has 160 valence electrons. The number of ether oxygens (including phenoxy) is 2. The highest BCUT2D eigenvalue weighted by Gasteiger charge is 2.20. The molecule has 0 saturated carbocycles. The molecule has 0 amide bonds. The third-order valence-corrected chi connectivity index (χ3v) is 5.33. The van der Waals surface area contributed by atoms with E-state index in [2.05, 4.69) is 22.5 Å². The highest BCUT2D eigenvalue weighted by atomic mass is 79.9. The van der Waals surface area contributed by atoms with Gasteiger partial charge in [0.2, 0.25) is 0 Å². The standard InChI is InChI=1S/C23H18BrF2NO4/c1-4-14-5-8-19(17(10-14)23(29)30-3)27-13(2)9-20(21(24)22(27)28)31-12-15-6-7-16(25)11-18(15)26/h4-11H,1,12H2,2-3H3. The molecule has 3 rings (SSSR count). The lowest BCUT2D eigenvalue weighted by Gasteiger charge is -2.17. The maximum Gasteiger partial charge on any atom is 0.340 e. The van der Waals surface area contributed by atoms with Gasteiger partial charge < -0.3 is 9.47 Å². The van der Waals surface area contributed by atoms with E-state index in [9.17, 15) is 18.4 Å². The Bertz CT molecular complexity index is 1240. The average Bonchev–Trinajstić information content (AvgIpc) is 2.75. The van der Waals surface area contributed by atoms with Crippen LogP contribution in [0.2, 0.25) is 0 Å². The quantitative estimate of drug-likeness (QED) is 0.446. The lowest BCUT2D eigenvalue weighted by atomic mass is 10.1. The Kier molecular flexibility index (Phi) is 6.70. The summed E-state index contributed by atoms with van der Waals surface area (Å²) in [5.74, 6) is -1.85. The Labute approximate surface area is 185 Å². The van der Waals surface area contributed by atoms with E-state index in [1.165, 1.54) is 17.7 Å². The molecule has 0 unspecified atom stereocenters. The van der Waals surface area contributed by atoms with Crippen LogP contribution in [0.25, 0.3) is 11.8 Å². The molecule has 3 aromatic rings. The molecule has 2 aromatic carbocycles. The minimum Gasteiger partial charge on any atom is -0.487 e. The van der Waals surface area contributed by atoms with Gasteiger partial charge in [-0.25, -0.2) is 13.6 Å². The molecule has 0 saturated heterocycles. The molecule has 0 spiro atoms. The second kappa shape index (κ2) is 9.26. The van der Waals surface area contributed by atoms with Crippen LogP contribution in [0, 0.1) is 18.6 Å². The van der Waals surface area contributed by atoms with E-state index in [1.54, 1.807) is 37.3 Å². The Morgan fingerprint density at radius 3 is 2.58 bits per heavy atom. The highest BCUT2D eigenvalue weighted by molar-refractivity contribution is 9.10. The Hall–Kier alpha value is -3.26. The molecule has 0 atom stereocenters. The number of hydrogen-bond acceptors (Lipinski definition) is 4. The van der Waals surface area contributed by atoms with E-state index in [4.69, 9.17) is 9.47 Å². The largest absolute Gasteiger partial charge is 0.487 e. The van der Waals surface area contributed by atoms with Crippen molar-refractivity contribution in [2.24, 2.45) is 0 Å². The summed E-state index contributed by atoms with van der Waals surface area (Å²) in [6.07, 6.45) is 1.58. The number of esters is 1. The van der Waals surface area contributed by atoms with Crippen LogP contribution < -0.4 is 10.3 Å². The molecular formula is C23H18BrF2NO4. The van der Waals surface area contributed by atoms with Crippen molar-refractivity contribution >= 4 is 28.0 Å². The van der Waals surface area contributed by atoms with Crippen molar-refractivity contribution in [1.82, 2.24) is 4.57 Å². The summed E-state index contributed by atoms with van der Waals surface area (Å²) in [7, 11) is 1.25. The zero-order valence-corrected chi connectivity index (χ0v) is 18.3. The molecule has 0 aliphatic heterocycles. The van der Waals surface area contributed by atoms with Gasteiger partial charge in [0.05, 0.1) is 18.4 Å². The van der Waals surface area contributed by atoms with E-state index < -0.39 is 23.2 Å². The van der Waals surface area contributed by atoms with Gasteiger partial charge in [-0.05, 0) is 52.7 Å². The van der Waals surface area contributed by atoms with Gasteiger partial charge in [0.25, 0.3) is 5.56 Å². The van der Waals surface area contributed by atoms with Crippen LogP contribution in [-0.2, 0) is 11.3 Å². The summed E-state index contributed by atoms with van der Waals surface area (Å²) < 4.78 is 38.8. The fourth-order valence-corrected chi connectivity index (χ4v) is 3.44. The number of carbonyl (C=O) groups excluding carboxylic acids is 1. The van der Waals surface area contributed by atoms with Gasteiger partial charge in [0.15, 0.2) is 0 Å². The Balaban J connectivity index is 2.04. The maximum atomic E-state index is 13.9. The molecule has 1 aromatic heterocycles. The van der Waals surface area contributed by atoms with Crippen LogP contribution in [0.3, 0.4) is 0 Å². The SMILES string of the molecule is C=Cc1ccc(-n2c(C)cc(OCc3ccc(F)cc3F)c(Br)c2=O)c(C(=O)OC)c1. The van der Waals surface area contributed by atoms with Crippen molar-refractivity contribution in [2.45, 2.75) is 13.5 Å². The molecule has 0 radical (unpaired) electrons. The zero-order valence-electron chi connectivity index (χ0n) is 16.7. The summed E-state index contributed by atoms with van der Waals surface area (Å²) in [6, 6.07) is 9.66. The Morgan fingerprint density at radius 1 is 1.19 bits per heavy atom. The van der Waals surface area contributed by atoms with Crippen LogP contribution in [0.5, 0.6) is 5.75 Å². The van der Waals surface area contributed by atoms with Crippen LogP contribution in [0.1, 0.15) is 27.2 Å². The highest BCUT2D eigenvalue weighted by Crippen LogP contribution is 2.27. The number of hydrogen-bond donors (Lipinski definition) is 0. The van der Waals surface area contributed by atoms with Crippen molar-refractivity contribution < 1.29 is 23.0 Å². The normalized spacial score (nSPS) is 10.6. The molecule has 31 heavy (non-hydrogen) atoms. The fraction of sp³-hybridized carbons (Fsp3) is 0.130. The molecule has 0 bridgehead atoms. The predicted octanol–water partition coefficient (Wildman–Crippen LogP) is 5.20. The first kappa shape index (κ1) is 22.4. The number of methoxy groups -OCH3 is 1. The monoisotopic (exact) mass is 489 g/mol. The van der Waals surface area contributed by atoms with Crippen LogP contribution >= 0.6 is 15.9 Å². The van der Waals surface area contributed by atoms with Gasteiger partial charge in [-0.2, -0.15) is 0 Å². The van der Waals surface area contributed by atoms with E-state index in [0.717, 1.165) is 12.1 Å². The minimum atomic E-state index is -0.744. The second-order valence-electron chi connectivity index (χ2n) is 6.60. The number of halogens is 3. The summed E-state index contributed by atoms with van der Waals surface area (Å²) in [4.78, 5) is 25.4. The van der Waals surface area contributed by atoms with E-state index in [1.807, 2.05) is 0 Å². The summed E-state index contributed by atoms with van der Waals surface area (Å²) in [5.41, 5.74) is 1.35.